The fraction of sp³-hybridized carbons (Fsp3) is 0.133. The van der Waals surface area contributed by atoms with Crippen LogP contribution in [0.1, 0.15) is 23.1 Å². The van der Waals surface area contributed by atoms with Crippen LogP contribution in [0.2, 0.25) is 0 Å². The smallest absolute Gasteiger partial charge is 0.328 e. The first-order valence-corrected chi connectivity index (χ1v) is 7.42. The molecule has 1 N–H and O–H groups in total. The minimum absolute atomic E-state index is 0.244. The van der Waals surface area contributed by atoms with Gasteiger partial charge in [0.15, 0.2) is 0 Å². The van der Waals surface area contributed by atoms with E-state index in [0.29, 0.717) is 17.9 Å². The maximum Gasteiger partial charge on any atom is 0.328 e. The Kier molecular flexibility index (Phi) is 3.88. The number of hydrazone groups is 1. The largest absolute Gasteiger partial charge is 0.478 e. The second kappa shape index (κ2) is 5.98. The van der Waals surface area contributed by atoms with E-state index in [4.69, 9.17) is 9.52 Å². The number of rotatable bonds is 4. The van der Waals surface area contributed by atoms with E-state index in [1.165, 1.54) is 16.3 Å². The predicted octanol–water partition coefficient (Wildman–Crippen LogP) is 2.66. The Morgan fingerprint density at radius 1 is 1.36 bits per heavy atom. The van der Waals surface area contributed by atoms with Crippen molar-refractivity contribution in [3.05, 3.63) is 58.7 Å². The Labute approximate surface area is 130 Å². The maximum atomic E-state index is 12.2. The SMILES string of the molecule is O=C(O)C=CC(=O)N1N=C(c2ccco2)CC1c1cccs1. The van der Waals surface area contributed by atoms with Gasteiger partial charge in [-0.1, -0.05) is 6.07 Å². The van der Waals surface area contributed by atoms with Crippen LogP contribution in [0.3, 0.4) is 0 Å². The second-order valence-electron chi connectivity index (χ2n) is 4.61. The molecule has 0 spiro atoms. The van der Waals surface area contributed by atoms with E-state index in [1.54, 1.807) is 18.4 Å². The lowest BCUT2D eigenvalue weighted by Crippen LogP contribution is -2.24. The van der Waals surface area contributed by atoms with Crippen molar-refractivity contribution in [1.82, 2.24) is 5.01 Å². The molecule has 1 aliphatic heterocycles. The zero-order valence-corrected chi connectivity index (χ0v) is 12.2. The van der Waals surface area contributed by atoms with Crippen LogP contribution in [-0.4, -0.2) is 27.7 Å². The Balaban J connectivity index is 1.90. The van der Waals surface area contributed by atoms with Crippen LogP contribution in [-0.2, 0) is 9.59 Å². The molecule has 3 rings (SSSR count). The molecule has 2 aromatic heterocycles. The molecule has 6 nitrogen and oxygen atoms in total. The molecule has 112 valence electrons. The average Bonchev–Trinajstić information content (AvgIpc) is 3.23. The molecular weight excluding hydrogens is 304 g/mol. The fourth-order valence-electron chi connectivity index (χ4n) is 2.23. The number of hydrogen-bond acceptors (Lipinski definition) is 5. The Morgan fingerprint density at radius 2 is 2.23 bits per heavy atom. The summed E-state index contributed by atoms with van der Waals surface area (Å²) in [5.74, 6) is -1.03. The number of carboxylic acid groups (broad SMARTS) is 1. The van der Waals surface area contributed by atoms with Gasteiger partial charge in [-0.05, 0) is 23.6 Å². The average molecular weight is 316 g/mol. The number of hydrogen-bond donors (Lipinski definition) is 1. The summed E-state index contributed by atoms with van der Waals surface area (Å²) in [6.07, 6.45) is 3.90. The van der Waals surface area contributed by atoms with Crippen LogP contribution in [0.5, 0.6) is 0 Å². The standard InChI is InChI=1S/C15H12N2O4S/c18-14(5-6-15(19)20)17-11(13-4-2-8-22-13)9-10(16-17)12-3-1-7-21-12/h1-8,11H,9H2,(H,19,20). The molecule has 0 aliphatic carbocycles. The van der Waals surface area contributed by atoms with E-state index >= 15 is 0 Å². The molecule has 1 unspecified atom stereocenters. The van der Waals surface area contributed by atoms with Gasteiger partial charge in [-0.25, -0.2) is 9.80 Å². The summed E-state index contributed by atoms with van der Waals surface area (Å²) in [5.41, 5.74) is 0.667. The number of thiophene rings is 1. The second-order valence-corrected chi connectivity index (χ2v) is 5.59. The van der Waals surface area contributed by atoms with Gasteiger partial charge in [0.1, 0.15) is 11.5 Å². The minimum Gasteiger partial charge on any atom is -0.478 e. The molecule has 3 heterocycles. The Hall–Kier alpha value is -2.67. The number of amides is 1. The third-order valence-electron chi connectivity index (χ3n) is 3.18. The van der Waals surface area contributed by atoms with Crippen molar-refractivity contribution in [2.75, 3.05) is 0 Å². The molecule has 1 atom stereocenters. The molecule has 0 aromatic carbocycles. The van der Waals surface area contributed by atoms with Gasteiger partial charge in [0.25, 0.3) is 5.91 Å². The van der Waals surface area contributed by atoms with E-state index in [-0.39, 0.29) is 6.04 Å². The summed E-state index contributed by atoms with van der Waals surface area (Å²) in [6, 6.07) is 7.13. The van der Waals surface area contributed by atoms with E-state index in [1.807, 2.05) is 17.5 Å². The highest BCUT2D eigenvalue weighted by atomic mass is 32.1. The lowest BCUT2D eigenvalue weighted by Gasteiger charge is -2.18. The van der Waals surface area contributed by atoms with Crippen molar-refractivity contribution in [1.29, 1.82) is 0 Å². The van der Waals surface area contributed by atoms with Crippen LogP contribution in [0, 0.1) is 0 Å². The first kappa shape index (κ1) is 14.3. The number of carbonyl (C=O) groups excluding carboxylic acids is 1. The first-order valence-electron chi connectivity index (χ1n) is 6.54. The molecule has 2 aromatic rings. The molecule has 1 amide bonds. The van der Waals surface area contributed by atoms with Crippen molar-refractivity contribution in [3.8, 4) is 0 Å². The first-order chi connectivity index (χ1) is 10.6. The quantitative estimate of drug-likeness (QED) is 0.879. The van der Waals surface area contributed by atoms with Crippen molar-refractivity contribution in [2.24, 2.45) is 5.10 Å². The third kappa shape index (κ3) is 2.84. The summed E-state index contributed by atoms with van der Waals surface area (Å²) < 4.78 is 5.33. The third-order valence-corrected chi connectivity index (χ3v) is 4.16. The molecule has 22 heavy (non-hydrogen) atoms. The van der Waals surface area contributed by atoms with Gasteiger partial charge in [-0.15, -0.1) is 11.3 Å². The van der Waals surface area contributed by atoms with E-state index in [2.05, 4.69) is 5.10 Å². The van der Waals surface area contributed by atoms with Crippen LogP contribution >= 0.6 is 11.3 Å². The number of carbonyl (C=O) groups is 2. The van der Waals surface area contributed by atoms with E-state index in [9.17, 15) is 9.59 Å². The summed E-state index contributed by atoms with van der Waals surface area (Å²) in [7, 11) is 0. The van der Waals surface area contributed by atoms with Crippen molar-refractivity contribution < 1.29 is 19.1 Å². The fourth-order valence-corrected chi connectivity index (χ4v) is 3.04. The van der Waals surface area contributed by atoms with E-state index < -0.39 is 11.9 Å². The Morgan fingerprint density at radius 3 is 2.86 bits per heavy atom. The van der Waals surface area contributed by atoms with Crippen LogP contribution in [0.25, 0.3) is 0 Å². The van der Waals surface area contributed by atoms with Gasteiger partial charge in [0, 0.05) is 23.5 Å². The monoisotopic (exact) mass is 316 g/mol. The Bertz CT molecular complexity index is 732. The number of nitrogens with zero attached hydrogens (tertiary/aromatic N) is 2. The van der Waals surface area contributed by atoms with Crippen molar-refractivity contribution in [2.45, 2.75) is 12.5 Å². The lowest BCUT2D eigenvalue weighted by atomic mass is 10.1. The number of aliphatic carboxylic acids is 1. The van der Waals surface area contributed by atoms with Crippen LogP contribution < -0.4 is 0 Å². The molecule has 0 radical (unpaired) electrons. The van der Waals surface area contributed by atoms with E-state index in [0.717, 1.165) is 17.0 Å². The summed E-state index contributed by atoms with van der Waals surface area (Å²) in [5, 5.41) is 16.2. The number of furan rings is 1. The zero-order valence-electron chi connectivity index (χ0n) is 11.4. The number of carboxylic acids is 1. The normalized spacial score (nSPS) is 17.9. The highest BCUT2D eigenvalue weighted by Gasteiger charge is 2.33. The van der Waals surface area contributed by atoms with Gasteiger partial charge in [-0.3, -0.25) is 4.79 Å². The van der Waals surface area contributed by atoms with Crippen molar-refractivity contribution in [3.63, 3.8) is 0 Å². The molecule has 0 saturated heterocycles. The van der Waals surface area contributed by atoms with Gasteiger partial charge in [0.2, 0.25) is 0 Å². The minimum atomic E-state index is -1.17. The zero-order chi connectivity index (χ0) is 15.5. The van der Waals surface area contributed by atoms with Gasteiger partial charge >= 0.3 is 5.97 Å². The van der Waals surface area contributed by atoms with Crippen LogP contribution in [0.15, 0.2) is 57.6 Å². The molecule has 0 saturated carbocycles. The highest BCUT2D eigenvalue weighted by molar-refractivity contribution is 7.10. The summed E-state index contributed by atoms with van der Waals surface area (Å²) in [6.45, 7) is 0. The van der Waals surface area contributed by atoms with Gasteiger partial charge in [-0.2, -0.15) is 5.10 Å². The van der Waals surface area contributed by atoms with Gasteiger partial charge < -0.3 is 9.52 Å². The molecule has 7 heteroatoms. The summed E-state index contributed by atoms with van der Waals surface area (Å²) in [4.78, 5) is 23.8. The molecule has 0 bridgehead atoms. The topological polar surface area (TPSA) is 83.1 Å². The predicted molar refractivity (Wildman–Crippen MR) is 80.5 cm³/mol. The molecule has 0 fully saturated rings. The van der Waals surface area contributed by atoms with Crippen LogP contribution in [0.4, 0.5) is 0 Å². The highest BCUT2D eigenvalue weighted by Crippen LogP contribution is 2.35. The molecular formula is C15H12N2O4S. The van der Waals surface area contributed by atoms with Crippen molar-refractivity contribution >= 4 is 28.9 Å². The summed E-state index contributed by atoms with van der Waals surface area (Å²) >= 11 is 1.53. The molecule has 1 aliphatic rings. The lowest BCUT2D eigenvalue weighted by molar-refractivity contribution is -0.132. The van der Waals surface area contributed by atoms with Gasteiger partial charge in [0.05, 0.1) is 12.3 Å². The maximum absolute atomic E-state index is 12.2.